The van der Waals surface area contributed by atoms with Crippen molar-refractivity contribution >= 4 is 40.8 Å². The SMILES string of the molecule is COC(=O)c1ccc([C@@H](O)[C@H]2OC(=O)C(Cl)=C2Cl)c([N+](=O)[O-])c1. The van der Waals surface area contributed by atoms with Crippen LogP contribution in [0, 0.1) is 10.1 Å². The highest BCUT2D eigenvalue weighted by molar-refractivity contribution is 6.48. The molecule has 1 aliphatic heterocycles. The molecule has 0 saturated carbocycles. The summed E-state index contributed by atoms with van der Waals surface area (Å²) >= 11 is 11.4. The Morgan fingerprint density at radius 3 is 2.61 bits per heavy atom. The van der Waals surface area contributed by atoms with E-state index in [1.165, 1.54) is 6.07 Å². The van der Waals surface area contributed by atoms with E-state index in [-0.39, 0.29) is 16.2 Å². The molecule has 1 aliphatic rings. The van der Waals surface area contributed by atoms with E-state index in [0.717, 1.165) is 19.2 Å². The van der Waals surface area contributed by atoms with Crippen LogP contribution in [0.25, 0.3) is 0 Å². The molecule has 1 aromatic carbocycles. The van der Waals surface area contributed by atoms with Gasteiger partial charge in [-0.15, -0.1) is 0 Å². The third-order valence-electron chi connectivity index (χ3n) is 3.13. The Morgan fingerprint density at radius 1 is 1.48 bits per heavy atom. The number of methoxy groups -OCH3 is 1. The number of halogens is 2. The zero-order valence-electron chi connectivity index (χ0n) is 11.5. The first kappa shape index (κ1) is 17.2. The van der Waals surface area contributed by atoms with Gasteiger partial charge < -0.3 is 14.6 Å². The van der Waals surface area contributed by atoms with E-state index < -0.39 is 39.8 Å². The van der Waals surface area contributed by atoms with E-state index in [1.807, 2.05) is 0 Å². The number of nitro groups is 1. The number of carbonyl (C=O) groups is 2. The highest BCUT2D eigenvalue weighted by Gasteiger charge is 2.40. The fourth-order valence-electron chi connectivity index (χ4n) is 2.00. The monoisotopic (exact) mass is 361 g/mol. The molecule has 0 radical (unpaired) electrons. The second kappa shape index (κ2) is 6.53. The van der Waals surface area contributed by atoms with Crippen molar-refractivity contribution in [2.75, 3.05) is 7.11 Å². The number of aliphatic hydroxyl groups is 1. The number of benzene rings is 1. The predicted octanol–water partition coefficient (Wildman–Crippen LogP) is 2.03. The van der Waals surface area contributed by atoms with E-state index in [2.05, 4.69) is 4.74 Å². The molecule has 8 nitrogen and oxygen atoms in total. The Hall–Kier alpha value is -2.16. The quantitative estimate of drug-likeness (QED) is 0.495. The van der Waals surface area contributed by atoms with Gasteiger partial charge in [0, 0.05) is 6.07 Å². The second-order valence-electron chi connectivity index (χ2n) is 4.45. The highest BCUT2D eigenvalue weighted by Crippen LogP contribution is 2.38. The molecule has 0 spiro atoms. The maximum atomic E-state index is 11.4. The number of aliphatic hydroxyl groups excluding tert-OH is 1. The van der Waals surface area contributed by atoms with Gasteiger partial charge in [0.2, 0.25) is 0 Å². The van der Waals surface area contributed by atoms with Gasteiger partial charge in [-0.2, -0.15) is 0 Å². The lowest BCUT2D eigenvalue weighted by atomic mass is 10.0. The Balaban J connectivity index is 2.45. The molecule has 1 aromatic rings. The summed E-state index contributed by atoms with van der Waals surface area (Å²) in [5, 5.41) is 20.8. The van der Waals surface area contributed by atoms with Gasteiger partial charge in [-0.1, -0.05) is 23.2 Å². The molecule has 2 rings (SSSR count). The number of esters is 2. The van der Waals surface area contributed by atoms with Crippen molar-refractivity contribution in [1.82, 2.24) is 0 Å². The summed E-state index contributed by atoms with van der Waals surface area (Å²) in [5.74, 6) is -1.71. The van der Waals surface area contributed by atoms with Crippen LogP contribution in [-0.4, -0.2) is 35.2 Å². The van der Waals surface area contributed by atoms with Crippen molar-refractivity contribution < 1.29 is 29.1 Å². The number of cyclic esters (lactones) is 1. The third-order valence-corrected chi connectivity index (χ3v) is 3.99. The van der Waals surface area contributed by atoms with Crippen molar-refractivity contribution in [3.8, 4) is 0 Å². The van der Waals surface area contributed by atoms with Crippen LogP contribution >= 0.6 is 23.2 Å². The second-order valence-corrected chi connectivity index (χ2v) is 5.24. The van der Waals surface area contributed by atoms with Crippen LogP contribution in [0.15, 0.2) is 28.3 Å². The normalized spacial score (nSPS) is 18.6. The van der Waals surface area contributed by atoms with Crippen molar-refractivity contribution in [3.63, 3.8) is 0 Å². The van der Waals surface area contributed by atoms with E-state index in [4.69, 9.17) is 27.9 Å². The third kappa shape index (κ3) is 3.14. The van der Waals surface area contributed by atoms with Gasteiger partial charge in [-0.05, 0) is 12.1 Å². The molecule has 23 heavy (non-hydrogen) atoms. The van der Waals surface area contributed by atoms with E-state index in [9.17, 15) is 24.8 Å². The number of ether oxygens (including phenoxy) is 2. The average Bonchev–Trinajstić information content (AvgIpc) is 2.80. The van der Waals surface area contributed by atoms with Crippen LogP contribution in [-0.2, 0) is 14.3 Å². The molecule has 10 heteroatoms. The van der Waals surface area contributed by atoms with Crippen LogP contribution in [0.3, 0.4) is 0 Å². The largest absolute Gasteiger partial charge is 0.465 e. The van der Waals surface area contributed by atoms with Gasteiger partial charge in [-0.25, -0.2) is 9.59 Å². The molecule has 0 saturated heterocycles. The topological polar surface area (TPSA) is 116 Å². The molecule has 0 fully saturated rings. The number of hydrogen-bond acceptors (Lipinski definition) is 7. The molecule has 0 bridgehead atoms. The summed E-state index contributed by atoms with van der Waals surface area (Å²) in [7, 11) is 1.13. The molecule has 122 valence electrons. The molecule has 1 N–H and O–H groups in total. The van der Waals surface area contributed by atoms with Crippen LogP contribution in [0.4, 0.5) is 5.69 Å². The zero-order chi connectivity index (χ0) is 17.3. The molecule has 2 atom stereocenters. The van der Waals surface area contributed by atoms with E-state index in [0.29, 0.717) is 0 Å². The predicted molar refractivity (Wildman–Crippen MR) is 78.0 cm³/mol. The van der Waals surface area contributed by atoms with Crippen LogP contribution < -0.4 is 0 Å². The van der Waals surface area contributed by atoms with E-state index in [1.54, 1.807) is 0 Å². The Morgan fingerprint density at radius 2 is 2.13 bits per heavy atom. The van der Waals surface area contributed by atoms with Gasteiger partial charge in [0.05, 0.1) is 28.2 Å². The summed E-state index contributed by atoms with van der Waals surface area (Å²) in [5.41, 5.74) is -0.813. The van der Waals surface area contributed by atoms with Crippen LogP contribution in [0.1, 0.15) is 22.0 Å². The number of rotatable bonds is 4. The first-order valence-electron chi connectivity index (χ1n) is 6.08. The van der Waals surface area contributed by atoms with Crippen molar-refractivity contribution in [3.05, 3.63) is 49.5 Å². The first-order valence-corrected chi connectivity index (χ1v) is 6.84. The molecule has 0 amide bonds. The fourth-order valence-corrected chi connectivity index (χ4v) is 2.40. The van der Waals surface area contributed by atoms with E-state index >= 15 is 0 Å². The first-order chi connectivity index (χ1) is 10.8. The van der Waals surface area contributed by atoms with Crippen molar-refractivity contribution in [2.24, 2.45) is 0 Å². The maximum absolute atomic E-state index is 11.4. The lowest BCUT2D eigenvalue weighted by Crippen LogP contribution is -2.21. The number of nitro benzene ring substituents is 1. The summed E-state index contributed by atoms with van der Waals surface area (Å²) in [4.78, 5) is 33.2. The number of carbonyl (C=O) groups excluding carboxylic acids is 2. The lowest BCUT2D eigenvalue weighted by molar-refractivity contribution is -0.386. The average molecular weight is 362 g/mol. The molecule has 0 aromatic heterocycles. The number of nitrogens with zero attached hydrogens (tertiary/aromatic N) is 1. The summed E-state index contributed by atoms with van der Waals surface area (Å²) < 4.78 is 9.27. The molecular weight excluding hydrogens is 353 g/mol. The summed E-state index contributed by atoms with van der Waals surface area (Å²) in [6, 6.07) is 3.33. The Bertz CT molecular complexity index is 731. The zero-order valence-corrected chi connectivity index (χ0v) is 13.0. The summed E-state index contributed by atoms with van der Waals surface area (Å²) in [6.07, 6.45) is -2.99. The number of hydrogen-bond donors (Lipinski definition) is 1. The van der Waals surface area contributed by atoms with Crippen molar-refractivity contribution in [2.45, 2.75) is 12.2 Å². The minimum atomic E-state index is -1.63. The Kier molecular flexibility index (Phi) is 4.88. The van der Waals surface area contributed by atoms with Gasteiger partial charge in [0.15, 0.2) is 6.10 Å². The van der Waals surface area contributed by atoms with Crippen LogP contribution in [0.2, 0.25) is 0 Å². The molecule has 0 aliphatic carbocycles. The van der Waals surface area contributed by atoms with Gasteiger partial charge >= 0.3 is 11.9 Å². The minimum Gasteiger partial charge on any atom is -0.465 e. The standard InChI is InChI=1S/C13H9Cl2NO7/c1-22-12(18)5-2-3-6(7(4-5)16(20)21)10(17)11-8(14)9(15)13(19)23-11/h2-4,10-11,17H,1H3/t10-,11+/m1/s1. The van der Waals surface area contributed by atoms with Gasteiger partial charge in [0.25, 0.3) is 5.69 Å². The van der Waals surface area contributed by atoms with Crippen molar-refractivity contribution in [1.29, 1.82) is 0 Å². The molecule has 1 heterocycles. The smallest absolute Gasteiger partial charge is 0.351 e. The molecular formula is C13H9Cl2NO7. The van der Waals surface area contributed by atoms with Gasteiger partial charge in [0.1, 0.15) is 11.1 Å². The fraction of sp³-hybridized carbons (Fsp3) is 0.231. The maximum Gasteiger partial charge on any atom is 0.351 e. The Labute approximate surface area is 139 Å². The van der Waals surface area contributed by atoms with Gasteiger partial charge in [-0.3, -0.25) is 10.1 Å². The summed E-state index contributed by atoms with van der Waals surface area (Å²) in [6.45, 7) is 0. The molecule has 0 unspecified atom stereocenters. The lowest BCUT2D eigenvalue weighted by Gasteiger charge is -2.18. The minimum absolute atomic E-state index is 0.0711. The van der Waals surface area contributed by atoms with Crippen LogP contribution in [0.5, 0.6) is 0 Å². The highest BCUT2D eigenvalue weighted by atomic mass is 35.5.